The average molecular weight is 458 g/mol. The molecule has 9 nitrogen and oxygen atoms in total. The summed E-state index contributed by atoms with van der Waals surface area (Å²) in [4.78, 5) is 12.9. The van der Waals surface area contributed by atoms with E-state index in [0.717, 1.165) is 61.9 Å². The molecule has 34 heavy (non-hydrogen) atoms. The third kappa shape index (κ3) is 3.07. The first-order valence-electron chi connectivity index (χ1n) is 11.5. The highest BCUT2D eigenvalue weighted by molar-refractivity contribution is 6.13. The lowest BCUT2D eigenvalue weighted by Crippen LogP contribution is -2.04. The van der Waals surface area contributed by atoms with E-state index in [1.807, 2.05) is 38.6 Å². The van der Waals surface area contributed by atoms with Gasteiger partial charge in [0.1, 0.15) is 34.6 Å². The summed E-state index contributed by atoms with van der Waals surface area (Å²) in [7, 11) is 3.65. The molecule has 5 aromatic rings. The maximum Gasteiger partial charge on any atom is 0.145 e. The molecule has 0 saturated heterocycles. The van der Waals surface area contributed by atoms with Gasteiger partial charge in [-0.15, -0.1) is 0 Å². The molecule has 0 aliphatic heterocycles. The van der Waals surface area contributed by atoms with Crippen molar-refractivity contribution < 1.29 is 9.26 Å². The maximum atomic E-state index is 5.80. The Hall–Kier alpha value is -3.88. The van der Waals surface area contributed by atoms with Crippen molar-refractivity contribution in [3.8, 4) is 16.9 Å². The third-order valence-electron chi connectivity index (χ3n) is 6.71. The number of methoxy groups -OCH3 is 1. The second-order valence-electron chi connectivity index (χ2n) is 9.15. The van der Waals surface area contributed by atoms with Crippen LogP contribution in [0.2, 0.25) is 0 Å². The molecule has 2 N–H and O–H groups in total. The molecule has 1 aromatic carbocycles. The second-order valence-corrected chi connectivity index (χ2v) is 9.15. The number of ether oxygens (including phenoxy) is 1. The lowest BCUT2D eigenvalue weighted by Gasteiger charge is -2.11. The average Bonchev–Trinajstić information content (AvgIpc) is 3.43. The monoisotopic (exact) mass is 457 g/mol. The van der Waals surface area contributed by atoms with E-state index in [2.05, 4.69) is 33.4 Å². The molecule has 4 aromatic heterocycles. The Labute approximate surface area is 196 Å². The molecule has 1 saturated carbocycles. The minimum Gasteiger partial charge on any atom is -0.496 e. The number of aromatic nitrogens is 6. The van der Waals surface area contributed by atoms with Crippen LogP contribution >= 0.6 is 0 Å². The van der Waals surface area contributed by atoms with Crippen LogP contribution in [-0.2, 0) is 7.05 Å². The van der Waals surface area contributed by atoms with Crippen LogP contribution in [0.5, 0.6) is 5.75 Å². The van der Waals surface area contributed by atoms with Crippen LogP contribution in [0, 0.1) is 27.7 Å². The maximum absolute atomic E-state index is 5.80. The number of nitrogens with zero attached hydrogens (tertiary/aromatic N) is 5. The van der Waals surface area contributed by atoms with E-state index in [9.17, 15) is 0 Å². The second kappa shape index (κ2) is 7.31. The SMILES string of the molecule is COc1cc2c(cc1-c1c(C)noc1C)[nH]c1nc(C)nc(Nc3c(C)c(C4CC4)nn3C)c12. The van der Waals surface area contributed by atoms with Crippen LogP contribution in [0.1, 0.15) is 47.3 Å². The van der Waals surface area contributed by atoms with Crippen LogP contribution in [0.15, 0.2) is 16.7 Å². The molecular weight excluding hydrogens is 430 g/mol. The van der Waals surface area contributed by atoms with E-state index in [1.165, 1.54) is 24.1 Å². The summed E-state index contributed by atoms with van der Waals surface area (Å²) in [6.07, 6.45) is 2.42. The van der Waals surface area contributed by atoms with Gasteiger partial charge in [-0.05, 0) is 52.7 Å². The lowest BCUT2D eigenvalue weighted by atomic mass is 10.0. The van der Waals surface area contributed by atoms with E-state index >= 15 is 0 Å². The van der Waals surface area contributed by atoms with Gasteiger partial charge in [0, 0.05) is 35.0 Å². The van der Waals surface area contributed by atoms with Crippen LogP contribution in [0.4, 0.5) is 11.6 Å². The lowest BCUT2D eigenvalue weighted by molar-refractivity contribution is 0.393. The van der Waals surface area contributed by atoms with Crippen molar-refractivity contribution in [3.05, 3.63) is 40.7 Å². The highest BCUT2D eigenvalue weighted by Crippen LogP contribution is 2.44. The van der Waals surface area contributed by atoms with Crippen molar-refractivity contribution >= 4 is 33.6 Å². The predicted octanol–water partition coefficient (Wildman–Crippen LogP) is 5.36. The molecule has 174 valence electrons. The van der Waals surface area contributed by atoms with Gasteiger partial charge in [-0.25, -0.2) is 9.97 Å². The molecule has 0 bridgehead atoms. The van der Waals surface area contributed by atoms with E-state index in [4.69, 9.17) is 19.3 Å². The van der Waals surface area contributed by atoms with Gasteiger partial charge in [0.25, 0.3) is 0 Å². The van der Waals surface area contributed by atoms with E-state index in [1.54, 1.807) is 7.11 Å². The number of nitrogens with one attached hydrogen (secondary N) is 2. The highest BCUT2D eigenvalue weighted by Gasteiger charge is 2.30. The van der Waals surface area contributed by atoms with Gasteiger partial charge >= 0.3 is 0 Å². The minimum atomic E-state index is 0.578. The third-order valence-corrected chi connectivity index (χ3v) is 6.71. The molecule has 1 fully saturated rings. The standard InChI is InChI=1S/C25H27N7O2/c1-11-22(15-7-8-15)30-32(5)25(11)29-24-21-16-10-19(33-6)17(20-12(2)31-34-13(20)3)9-18(16)28-23(21)26-14(4)27-24/h9-10,15H,7-8H2,1-6H3,(H2,26,27,28,29). The smallest absolute Gasteiger partial charge is 0.145 e. The molecule has 9 heteroatoms. The Balaban J connectivity index is 1.56. The van der Waals surface area contributed by atoms with Crippen LogP contribution in [-0.4, -0.2) is 37.0 Å². The molecule has 6 rings (SSSR count). The first-order valence-corrected chi connectivity index (χ1v) is 11.5. The fourth-order valence-corrected chi connectivity index (χ4v) is 4.94. The summed E-state index contributed by atoms with van der Waals surface area (Å²) < 4.78 is 13.1. The normalized spacial score (nSPS) is 13.8. The summed E-state index contributed by atoms with van der Waals surface area (Å²) in [6.45, 7) is 7.87. The topological polar surface area (TPSA) is 107 Å². The first kappa shape index (κ1) is 20.7. The Morgan fingerprint density at radius 1 is 1.15 bits per heavy atom. The van der Waals surface area contributed by atoms with Crippen LogP contribution in [0.3, 0.4) is 0 Å². The number of aryl methyl sites for hydroxylation is 4. The number of benzene rings is 1. The van der Waals surface area contributed by atoms with Gasteiger partial charge in [-0.3, -0.25) is 4.68 Å². The molecule has 0 atom stereocenters. The van der Waals surface area contributed by atoms with Gasteiger partial charge in [0.05, 0.1) is 29.4 Å². The quantitative estimate of drug-likeness (QED) is 0.366. The molecular formula is C25H27N7O2. The van der Waals surface area contributed by atoms with Crippen molar-refractivity contribution in [1.29, 1.82) is 0 Å². The van der Waals surface area contributed by atoms with Crippen molar-refractivity contribution in [1.82, 2.24) is 29.9 Å². The van der Waals surface area contributed by atoms with Crippen molar-refractivity contribution in [2.75, 3.05) is 12.4 Å². The largest absolute Gasteiger partial charge is 0.496 e. The van der Waals surface area contributed by atoms with Gasteiger partial charge in [-0.2, -0.15) is 5.10 Å². The van der Waals surface area contributed by atoms with Gasteiger partial charge in [0.15, 0.2) is 0 Å². The highest BCUT2D eigenvalue weighted by atomic mass is 16.5. The number of anilines is 2. The zero-order chi connectivity index (χ0) is 23.7. The van der Waals surface area contributed by atoms with Crippen molar-refractivity contribution in [3.63, 3.8) is 0 Å². The molecule has 0 unspecified atom stereocenters. The Kier molecular flexibility index (Phi) is 4.45. The molecule has 4 heterocycles. The number of rotatable bonds is 5. The zero-order valence-corrected chi connectivity index (χ0v) is 20.2. The van der Waals surface area contributed by atoms with E-state index in [-0.39, 0.29) is 0 Å². The summed E-state index contributed by atoms with van der Waals surface area (Å²) in [5.74, 6) is 4.45. The van der Waals surface area contributed by atoms with Crippen molar-refractivity contribution in [2.45, 2.75) is 46.5 Å². The molecule has 0 spiro atoms. The number of aromatic amines is 1. The molecule has 1 aliphatic carbocycles. The Morgan fingerprint density at radius 3 is 2.62 bits per heavy atom. The molecule has 0 radical (unpaired) electrons. The summed E-state index contributed by atoms with van der Waals surface area (Å²) in [6, 6.07) is 4.10. The van der Waals surface area contributed by atoms with Gasteiger partial charge < -0.3 is 19.6 Å². The molecule has 0 amide bonds. The van der Waals surface area contributed by atoms with Crippen molar-refractivity contribution in [2.24, 2.45) is 7.05 Å². The summed E-state index contributed by atoms with van der Waals surface area (Å²) in [5, 5.41) is 14.4. The van der Waals surface area contributed by atoms with Gasteiger partial charge in [0.2, 0.25) is 0 Å². The summed E-state index contributed by atoms with van der Waals surface area (Å²) >= 11 is 0. The van der Waals surface area contributed by atoms with Crippen LogP contribution in [0.25, 0.3) is 33.1 Å². The minimum absolute atomic E-state index is 0.578. The van der Waals surface area contributed by atoms with E-state index in [0.29, 0.717) is 11.7 Å². The number of hydrogen-bond acceptors (Lipinski definition) is 7. The van der Waals surface area contributed by atoms with Crippen LogP contribution < -0.4 is 10.1 Å². The zero-order valence-electron chi connectivity index (χ0n) is 20.2. The number of H-pyrrole nitrogens is 1. The first-order chi connectivity index (χ1) is 16.4. The predicted molar refractivity (Wildman–Crippen MR) is 131 cm³/mol. The number of hydrogen-bond donors (Lipinski definition) is 2. The fourth-order valence-electron chi connectivity index (χ4n) is 4.94. The van der Waals surface area contributed by atoms with E-state index < -0.39 is 0 Å². The van der Waals surface area contributed by atoms with Gasteiger partial charge in [-0.1, -0.05) is 5.16 Å². The Morgan fingerprint density at radius 2 is 1.94 bits per heavy atom. The Bertz CT molecular complexity index is 1570. The number of fused-ring (bicyclic) bond motifs is 3. The molecule has 1 aliphatic rings. The fraction of sp³-hybridized carbons (Fsp3) is 0.360. The summed E-state index contributed by atoms with van der Waals surface area (Å²) in [5.41, 5.74) is 6.75.